The molecule has 0 aromatic heterocycles. The van der Waals surface area contributed by atoms with Crippen LogP contribution >= 0.6 is 0 Å². The molecule has 3 atom stereocenters. The molecule has 4 heteroatoms. The van der Waals surface area contributed by atoms with Gasteiger partial charge >= 0.3 is 0 Å². The van der Waals surface area contributed by atoms with Gasteiger partial charge in [0.25, 0.3) is 0 Å². The largest absolute Gasteiger partial charge is 0.382 e. The summed E-state index contributed by atoms with van der Waals surface area (Å²) in [5, 5.41) is 6.95. The predicted molar refractivity (Wildman–Crippen MR) is 76.8 cm³/mol. The smallest absolute Gasteiger partial charge is 0.128 e. The van der Waals surface area contributed by atoms with Gasteiger partial charge in [0.05, 0.1) is 0 Å². The fourth-order valence-corrected chi connectivity index (χ4v) is 3.75. The van der Waals surface area contributed by atoms with E-state index >= 15 is 0 Å². The molecule has 1 aliphatic carbocycles. The van der Waals surface area contributed by atoms with Crippen LogP contribution < -0.4 is 10.6 Å². The number of rotatable bonds is 3. The summed E-state index contributed by atoms with van der Waals surface area (Å²) in [6, 6.07) is 4.57. The molecule has 110 valence electrons. The summed E-state index contributed by atoms with van der Waals surface area (Å²) in [4.78, 5) is 0. The quantitative estimate of drug-likeness (QED) is 0.882. The van der Waals surface area contributed by atoms with Gasteiger partial charge in [-0.25, -0.2) is 8.78 Å². The average Bonchev–Trinajstić information content (AvgIpc) is 2.92. The van der Waals surface area contributed by atoms with E-state index in [1.165, 1.54) is 44.2 Å². The molecule has 1 saturated heterocycles. The Bertz CT molecular complexity index is 438. The van der Waals surface area contributed by atoms with Crippen molar-refractivity contribution in [3.63, 3.8) is 0 Å². The molecule has 0 radical (unpaired) electrons. The molecule has 0 amide bonds. The standard InChI is InChI=1S/C16H22F2N2/c17-11-8-12(18)10-13(9-11)20-16-5-2-1-4-14(16)15-6-3-7-19-15/h8-10,14-16,19-20H,1-7H2. The molecule has 20 heavy (non-hydrogen) atoms. The van der Waals surface area contributed by atoms with Crippen molar-refractivity contribution in [1.29, 1.82) is 0 Å². The summed E-state index contributed by atoms with van der Waals surface area (Å²) in [5.74, 6) is -0.463. The van der Waals surface area contributed by atoms with Gasteiger partial charge < -0.3 is 10.6 Å². The lowest BCUT2D eigenvalue weighted by atomic mass is 9.79. The van der Waals surface area contributed by atoms with Crippen LogP contribution in [0.5, 0.6) is 0 Å². The third kappa shape index (κ3) is 3.11. The van der Waals surface area contributed by atoms with Crippen molar-refractivity contribution in [3.8, 4) is 0 Å². The third-order valence-corrected chi connectivity index (χ3v) is 4.65. The van der Waals surface area contributed by atoms with E-state index in [4.69, 9.17) is 0 Å². The van der Waals surface area contributed by atoms with Crippen molar-refractivity contribution in [2.75, 3.05) is 11.9 Å². The first-order valence-electron chi connectivity index (χ1n) is 7.68. The summed E-state index contributed by atoms with van der Waals surface area (Å²) in [7, 11) is 0. The fraction of sp³-hybridized carbons (Fsp3) is 0.625. The maximum atomic E-state index is 13.3. The van der Waals surface area contributed by atoms with Crippen LogP contribution in [0.2, 0.25) is 0 Å². The van der Waals surface area contributed by atoms with Crippen LogP contribution in [0.25, 0.3) is 0 Å². The van der Waals surface area contributed by atoms with Crippen LogP contribution in [0.1, 0.15) is 38.5 Å². The molecular weight excluding hydrogens is 258 g/mol. The monoisotopic (exact) mass is 280 g/mol. The first-order valence-corrected chi connectivity index (χ1v) is 7.68. The Morgan fingerprint density at radius 2 is 1.70 bits per heavy atom. The topological polar surface area (TPSA) is 24.1 Å². The molecule has 0 bridgehead atoms. The molecule has 2 aliphatic rings. The van der Waals surface area contributed by atoms with Gasteiger partial charge in [-0.05, 0) is 50.3 Å². The highest BCUT2D eigenvalue weighted by Crippen LogP contribution is 2.32. The second-order valence-corrected chi connectivity index (χ2v) is 6.06. The lowest BCUT2D eigenvalue weighted by Gasteiger charge is -2.36. The Morgan fingerprint density at radius 1 is 0.950 bits per heavy atom. The Morgan fingerprint density at radius 3 is 2.40 bits per heavy atom. The normalized spacial score (nSPS) is 30.4. The van der Waals surface area contributed by atoms with E-state index in [0.717, 1.165) is 19.0 Å². The van der Waals surface area contributed by atoms with Crippen molar-refractivity contribution >= 4 is 5.69 Å². The summed E-state index contributed by atoms with van der Waals surface area (Å²) in [6.07, 6.45) is 7.20. The van der Waals surface area contributed by atoms with E-state index in [-0.39, 0.29) is 0 Å². The first-order chi connectivity index (χ1) is 9.72. The SMILES string of the molecule is Fc1cc(F)cc(NC2CCCCC2C2CCCN2)c1. The zero-order valence-electron chi connectivity index (χ0n) is 11.7. The van der Waals surface area contributed by atoms with Gasteiger partial charge in [-0.2, -0.15) is 0 Å². The number of hydrogen-bond acceptors (Lipinski definition) is 2. The van der Waals surface area contributed by atoms with Gasteiger partial charge in [0.15, 0.2) is 0 Å². The minimum atomic E-state index is -0.515. The highest BCUT2D eigenvalue weighted by atomic mass is 19.1. The second kappa shape index (κ2) is 6.08. The van der Waals surface area contributed by atoms with Crippen LogP contribution in [0, 0.1) is 17.6 Å². The summed E-state index contributed by atoms with van der Waals surface area (Å²) >= 11 is 0. The van der Waals surface area contributed by atoms with Gasteiger partial charge in [-0.1, -0.05) is 12.8 Å². The zero-order chi connectivity index (χ0) is 13.9. The highest BCUT2D eigenvalue weighted by molar-refractivity contribution is 5.45. The lowest BCUT2D eigenvalue weighted by molar-refractivity contribution is 0.262. The minimum absolute atomic E-state index is 0.320. The van der Waals surface area contributed by atoms with Crippen molar-refractivity contribution in [3.05, 3.63) is 29.8 Å². The second-order valence-electron chi connectivity index (χ2n) is 6.06. The number of halogens is 2. The van der Waals surface area contributed by atoms with Crippen molar-refractivity contribution < 1.29 is 8.78 Å². The molecule has 3 rings (SSSR count). The third-order valence-electron chi connectivity index (χ3n) is 4.65. The van der Waals surface area contributed by atoms with Crippen molar-refractivity contribution in [1.82, 2.24) is 5.32 Å². The average molecular weight is 280 g/mol. The van der Waals surface area contributed by atoms with Crippen LogP contribution in [0.4, 0.5) is 14.5 Å². The Hall–Kier alpha value is -1.16. The number of benzene rings is 1. The number of anilines is 1. The molecule has 1 aromatic carbocycles. The van der Waals surface area contributed by atoms with Gasteiger partial charge in [0.1, 0.15) is 11.6 Å². The van der Waals surface area contributed by atoms with E-state index in [9.17, 15) is 8.78 Å². The zero-order valence-corrected chi connectivity index (χ0v) is 11.7. The van der Waals surface area contributed by atoms with E-state index < -0.39 is 11.6 Å². The Kier molecular flexibility index (Phi) is 4.20. The molecule has 2 N–H and O–H groups in total. The predicted octanol–water partition coefficient (Wildman–Crippen LogP) is 3.69. The molecule has 1 aromatic rings. The maximum absolute atomic E-state index is 13.3. The van der Waals surface area contributed by atoms with Crippen LogP contribution in [-0.4, -0.2) is 18.6 Å². The fourth-order valence-electron chi connectivity index (χ4n) is 3.75. The molecule has 1 heterocycles. The van der Waals surface area contributed by atoms with Gasteiger partial charge in [-0.15, -0.1) is 0 Å². The number of nitrogens with one attached hydrogen (secondary N) is 2. The minimum Gasteiger partial charge on any atom is -0.382 e. The van der Waals surface area contributed by atoms with Crippen LogP contribution in [0.3, 0.4) is 0 Å². The van der Waals surface area contributed by atoms with E-state index in [1.54, 1.807) is 0 Å². The Labute approximate surface area is 118 Å². The van der Waals surface area contributed by atoms with Gasteiger partial charge in [0.2, 0.25) is 0 Å². The first kappa shape index (κ1) is 13.8. The van der Waals surface area contributed by atoms with Crippen molar-refractivity contribution in [2.24, 2.45) is 5.92 Å². The van der Waals surface area contributed by atoms with E-state index in [2.05, 4.69) is 10.6 Å². The molecule has 1 saturated carbocycles. The molecular formula is C16H22F2N2. The van der Waals surface area contributed by atoms with Gasteiger partial charge in [0, 0.05) is 23.8 Å². The summed E-state index contributed by atoms with van der Waals surface area (Å²) < 4.78 is 26.6. The molecule has 2 nitrogen and oxygen atoms in total. The molecule has 1 aliphatic heterocycles. The van der Waals surface area contributed by atoms with Crippen molar-refractivity contribution in [2.45, 2.75) is 50.6 Å². The highest BCUT2D eigenvalue weighted by Gasteiger charge is 2.33. The molecule has 2 fully saturated rings. The van der Waals surface area contributed by atoms with E-state index in [1.807, 2.05) is 0 Å². The van der Waals surface area contributed by atoms with Crippen LogP contribution in [-0.2, 0) is 0 Å². The number of hydrogen-bond donors (Lipinski definition) is 2. The molecule has 0 spiro atoms. The molecule has 3 unspecified atom stereocenters. The van der Waals surface area contributed by atoms with Gasteiger partial charge in [-0.3, -0.25) is 0 Å². The lowest BCUT2D eigenvalue weighted by Crippen LogP contribution is -2.43. The van der Waals surface area contributed by atoms with E-state index in [0.29, 0.717) is 23.7 Å². The Balaban J connectivity index is 1.72. The van der Waals surface area contributed by atoms with Crippen LogP contribution in [0.15, 0.2) is 18.2 Å². The summed E-state index contributed by atoms with van der Waals surface area (Å²) in [6.45, 7) is 1.10. The maximum Gasteiger partial charge on any atom is 0.128 e. The summed E-state index contributed by atoms with van der Waals surface area (Å²) in [5.41, 5.74) is 0.567.